The molecule has 18 heavy (non-hydrogen) atoms. The van der Waals surface area contributed by atoms with Gasteiger partial charge in [-0.2, -0.15) is 0 Å². The Labute approximate surface area is 120 Å². The van der Waals surface area contributed by atoms with Crippen LogP contribution in [0.4, 0.5) is 0 Å². The zero-order valence-electron chi connectivity index (χ0n) is 12.5. The molecule has 0 aliphatic heterocycles. The molecule has 0 nitrogen and oxygen atoms in total. The third-order valence-electron chi connectivity index (χ3n) is 3.54. The first-order valence-electron chi connectivity index (χ1n) is 6.74. The van der Waals surface area contributed by atoms with E-state index in [0.29, 0.717) is 0 Å². The quantitative estimate of drug-likeness (QED) is 0.605. The molecule has 0 aliphatic carbocycles. The first-order valence-corrected chi connectivity index (χ1v) is 26.7. The summed E-state index contributed by atoms with van der Waals surface area (Å²) < 4.78 is 3.36. The van der Waals surface area contributed by atoms with Gasteiger partial charge in [0.15, 0.2) is 0 Å². The van der Waals surface area contributed by atoms with Gasteiger partial charge in [0.05, 0.1) is 0 Å². The van der Waals surface area contributed by atoms with Gasteiger partial charge in [0.2, 0.25) is 0 Å². The van der Waals surface area contributed by atoms with Crippen molar-refractivity contribution in [3.8, 4) is 0 Å². The van der Waals surface area contributed by atoms with Crippen LogP contribution >= 0.6 is 0 Å². The normalized spacial score (nSPS) is 13.0. The van der Waals surface area contributed by atoms with E-state index in [1.807, 2.05) is 0 Å². The second-order valence-electron chi connectivity index (χ2n) is 7.21. The minimum atomic E-state index is -2.01. The summed E-state index contributed by atoms with van der Waals surface area (Å²) in [6.45, 7) is 0. The van der Waals surface area contributed by atoms with E-state index in [1.165, 1.54) is 0 Å². The summed E-state index contributed by atoms with van der Waals surface area (Å²) in [6.07, 6.45) is 0. The van der Waals surface area contributed by atoms with Crippen LogP contribution in [0.25, 0.3) is 10.8 Å². The first-order chi connectivity index (χ1) is 8.21. The van der Waals surface area contributed by atoms with Crippen molar-refractivity contribution in [1.82, 2.24) is 0 Å². The molecule has 0 unspecified atom stereocenters. The Hall–Kier alpha value is 0.297. The van der Waals surface area contributed by atoms with Crippen LogP contribution in [-0.2, 0) is 0 Å². The molecule has 0 N–H and O–H groups in total. The van der Waals surface area contributed by atoms with Crippen molar-refractivity contribution in [2.75, 3.05) is 0 Å². The summed E-state index contributed by atoms with van der Waals surface area (Å²) in [4.78, 5) is 15.1. The molecule has 2 heteroatoms. The van der Waals surface area contributed by atoms with Gasteiger partial charge < -0.3 is 0 Å². The molecule has 0 aromatic heterocycles. The third kappa shape index (κ3) is 2.89. The van der Waals surface area contributed by atoms with Gasteiger partial charge >= 0.3 is 121 Å². The molecule has 0 spiro atoms. The van der Waals surface area contributed by atoms with Crippen LogP contribution in [0, 0.1) is 0 Å². The molecule has 0 amide bonds. The molecule has 0 heterocycles. The van der Waals surface area contributed by atoms with Gasteiger partial charge in [-0.25, -0.2) is 0 Å². The van der Waals surface area contributed by atoms with E-state index in [2.05, 4.69) is 66.0 Å². The zero-order chi connectivity index (χ0) is 13.6. The molecule has 0 aliphatic rings. The average molecular weight is 454 g/mol. The van der Waals surface area contributed by atoms with E-state index in [4.69, 9.17) is 0 Å². The predicted molar refractivity (Wildman–Crippen MR) is 89.9 cm³/mol. The number of rotatable bonds is 2. The Kier molecular flexibility index (Phi) is 4.09. The second-order valence-corrected chi connectivity index (χ2v) is 36.0. The Balaban J connectivity index is 2.83. The Morgan fingerprint density at radius 2 is 0.889 bits per heavy atom. The van der Waals surface area contributed by atoms with Crippen molar-refractivity contribution in [1.29, 1.82) is 0 Å². The van der Waals surface area contributed by atoms with Crippen molar-refractivity contribution < 1.29 is 0 Å². The molecule has 96 valence electrons. The van der Waals surface area contributed by atoms with Gasteiger partial charge in [-0.3, -0.25) is 0 Å². The molecule has 0 saturated carbocycles. The van der Waals surface area contributed by atoms with E-state index in [-0.39, 0.29) is 0 Å². The molecule has 0 saturated heterocycles. The van der Waals surface area contributed by atoms with Crippen LogP contribution < -0.4 is 7.16 Å². The molecule has 0 atom stereocenters. The van der Waals surface area contributed by atoms with Crippen molar-refractivity contribution in [3.63, 3.8) is 0 Å². The summed E-state index contributed by atoms with van der Waals surface area (Å²) >= 11 is -4.02. The van der Waals surface area contributed by atoms with Gasteiger partial charge in [-0.15, -0.1) is 0 Å². The van der Waals surface area contributed by atoms with Crippen molar-refractivity contribution in [2.24, 2.45) is 0 Å². The maximum absolute atomic E-state index is 2.51. The first kappa shape index (κ1) is 14.7. The van der Waals surface area contributed by atoms with Crippen LogP contribution in [-0.4, -0.2) is 36.8 Å². The van der Waals surface area contributed by atoms with Gasteiger partial charge in [0, 0.05) is 0 Å². The summed E-state index contributed by atoms with van der Waals surface area (Å²) in [5.41, 5.74) is 0. The van der Waals surface area contributed by atoms with Crippen LogP contribution in [0.15, 0.2) is 36.4 Å². The van der Waals surface area contributed by atoms with E-state index < -0.39 is 36.8 Å². The SMILES string of the molecule is [CH3][Sn]([CH3])([CH3])[c]1cc[c]([Sn]([CH3])([CH3])[CH3])c2ccccc12. The van der Waals surface area contributed by atoms with Crippen molar-refractivity contribution in [2.45, 2.75) is 29.6 Å². The van der Waals surface area contributed by atoms with Crippen LogP contribution in [0.3, 0.4) is 0 Å². The Bertz CT molecular complexity index is 519. The number of hydrogen-bond acceptors (Lipinski definition) is 0. The molecular formula is C16H24Sn2. The number of fused-ring (bicyclic) bond motifs is 1. The molecule has 2 aromatic carbocycles. The summed E-state index contributed by atoms with van der Waals surface area (Å²) in [6, 6.07) is 14.0. The number of hydrogen-bond donors (Lipinski definition) is 0. The minimum absolute atomic E-state index is 1.55. The summed E-state index contributed by atoms with van der Waals surface area (Å²) in [5.74, 6) is 0. The van der Waals surface area contributed by atoms with Gasteiger partial charge in [0.25, 0.3) is 0 Å². The van der Waals surface area contributed by atoms with Crippen LogP contribution in [0.2, 0.25) is 29.6 Å². The van der Waals surface area contributed by atoms with Crippen molar-refractivity contribution in [3.05, 3.63) is 36.4 Å². The predicted octanol–water partition coefficient (Wildman–Crippen LogP) is 3.93. The fraction of sp³-hybridized carbons (Fsp3) is 0.375. The molecular weight excluding hydrogens is 430 g/mol. The van der Waals surface area contributed by atoms with Gasteiger partial charge in [0.1, 0.15) is 0 Å². The standard InChI is InChI=1S/C10H6.6CH3.2Sn/c1-2-6-10-8-4-3-7-9(10)5-1;;;;;;;;/h1-6H;6*1H3;;. The zero-order valence-corrected chi connectivity index (χ0v) is 18.2. The van der Waals surface area contributed by atoms with Crippen LogP contribution in [0.5, 0.6) is 0 Å². The van der Waals surface area contributed by atoms with Crippen molar-refractivity contribution >= 4 is 54.7 Å². The molecule has 2 rings (SSSR count). The van der Waals surface area contributed by atoms with E-state index in [1.54, 1.807) is 17.9 Å². The molecule has 2 aromatic rings. The van der Waals surface area contributed by atoms with Crippen LogP contribution in [0.1, 0.15) is 0 Å². The topological polar surface area (TPSA) is 0 Å². The monoisotopic (exact) mass is 456 g/mol. The second kappa shape index (κ2) is 5.01. The average Bonchev–Trinajstić information content (AvgIpc) is 2.24. The van der Waals surface area contributed by atoms with E-state index >= 15 is 0 Å². The Morgan fingerprint density at radius 3 is 1.17 bits per heavy atom. The fourth-order valence-electron chi connectivity index (χ4n) is 2.61. The Morgan fingerprint density at radius 1 is 0.556 bits per heavy atom. The number of benzene rings is 2. The van der Waals surface area contributed by atoms with E-state index in [9.17, 15) is 0 Å². The van der Waals surface area contributed by atoms with Gasteiger partial charge in [-0.05, 0) is 0 Å². The molecule has 0 radical (unpaired) electrons. The van der Waals surface area contributed by atoms with Gasteiger partial charge in [-0.1, -0.05) is 0 Å². The fourth-order valence-corrected chi connectivity index (χ4v) is 11.8. The van der Waals surface area contributed by atoms with E-state index in [0.717, 1.165) is 0 Å². The molecule has 0 fully saturated rings. The third-order valence-corrected chi connectivity index (χ3v) is 15.3. The maximum atomic E-state index is 2.51. The summed E-state index contributed by atoms with van der Waals surface area (Å²) in [5, 5.41) is 3.09. The summed E-state index contributed by atoms with van der Waals surface area (Å²) in [7, 11) is 0. The molecule has 0 bridgehead atoms.